The van der Waals surface area contributed by atoms with E-state index in [1.165, 1.54) is 0 Å². The zero-order valence-corrected chi connectivity index (χ0v) is 19.7. The van der Waals surface area contributed by atoms with Crippen molar-refractivity contribution in [2.24, 2.45) is 29.6 Å². The normalized spacial score (nSPS) is 30.5. The molecule has 1 amide bonds. The quantitative estimate of drug-likeness (QED) is 0.626. The summed E-state index contributed by atoms with van der Waals surface area (Å²) < 4.78 is 10.9. The molecule has 1 aliphatic carbocycles. The molecule has 2 aromatic rings. The molecule has 2 saturated heterocycles. The molecular formula is C27H31N3O4. The van der Waals surface area contributed by atoms with Crippen molar-refractivity contribution in [1.82, 2.24) is 14.9 Å². The van der Waals surface area contributed by atoms with Crippen LogP contribution >= 0.6 is 0 Å². The van der Waals surface area contributed by atoms with Crippen molar-refractivity contribution in [2.75, 3.05) is 19.7 Å². The highest BCUT2D eigenvalue weighted by Gasteiger charge is 2.54. The van der Waals surface area contributed by atoms with E-state index in [2.05, 4.69) is 22.1 Å². The van der Waals surface area contributed by atoms with Gasteiger partial charge in [0.25, 0.3) is 0 Å². The Balaban J connectivity index is 1.37. The van der Waals surface area contributed by atoms with E-state index >= 15 is 0 Å². The number of esters is 1. The van der Waals surface area contributed by atoms with Crippen LogP contribution in [-0.2, 0) is 14.3 Å². The molecule has 5 rings (SSSR count). The SMILES string of the molecule is CCOC(=O)N1CC[C@@H]2[C@H](C[C@H]3C(=O)O[C@H](C)[C@H]3[C@H]2/C=C/c2ccc(-c3ccccn3)cn2)C1. The van der Waals surface area contributed by atoms with Crippen molar-refractivity contribution in [3.63, 3.8) is 0 Å². The number of carbonyl (C=O) groups excluding carboxylic acids is 2. The molecule has 2 aliphatic heterocycles. The highest BCUT2D eigenvalue weighted by Crippen LogP contribution is 2.51. The van der Waals surface area contributed by atoms with Crippen LogP contribution in [0.4, 0.5) is 4.79 Å². The molecule has 2 aromatic heterocycles. The molecule has 0 unspecified atom stereocenters. The van der Waals surface area contributed by atoms with Crippen molar-refractivity contribution in [2.45, 2.75) is 32.8 Å². The summed E-state index contributed by atoms with van der Waals surface area (Å²) in [6.07, 6.45) is 9.24. The first-order valence-corrected chi connectivity index (χ1v) is 12.2. The van der Waals surface area contributed by atoms with Gasteiger partial charge in [0.15, 0.2) is 0 Å². The average molecular weight is 462 g/mol. The Labute approximate surface area is 200 Å². The highest BCUT2D eigenvalue weighted by atomic mass is 16.6. The van der Waals surface area contributed by atoms with Crippen LogP contribution in [0.2, 0.25) is 0 Å². The van der Waals surface area contributed by atoms with Gasteiger partial charge in [0.05, 0.1) is 23.9 Å². The molecule has 1 saturated carbocycles. The number of fused-ring (bicyclic) bond motifs is 2. The first-order valence-electron chi connectivity index (χ1n) is 12.2. The second-order valence-electron chi connectivity index (χ2n) is 9.54. The van der Waals surface area contributed by atoms with Gasteiger partial charge in [-0.1, -0.05) is 12.1 Å². The molecule has 4 heterocycles. The summed E-state index contributed by atoms with van der Waals surface area (Å²) in [5.41, 5.74) is 2.75. The van der Waals surface area contributed by atoms with Gasteiger partial charge in [-0.25, -0.2) is 4.79 Å². The predicted octanol–water partition coefficient (Wildman–Crippen LogP) is 4.45. The summed E-state index contributed by atoms with van der Waals surface area (Å²) in [5, 5.41) is 0. The number of likely N-dealkylation sites (tertiary alicyclic amines) is 1. The van der Waals surface area contributed by atoms with Crippen LogP contribution < -0.4 is 0 Å². The third-order valence-corrected chi connectivity index (χ3v) is 7.66. The maximum Gasteiger partial charge on any atom is 0.409 e. The number of nitrogens with zero attached hydrogens (tertiary/aromatic N) is 3. The van der Waals surface area contributed by atoms with Crippen LogP contribution in [0, 0.1) is 29.6 Å². The maximum absolute atomic E-state index is 12.6. The molecular weight excluding hydrogens is 430 g/mol. The third-order valence-electron chi connectivity index (χ3n) is 7.66. The summed E-state index contributed by atoms with van der Waals surface area (Å²) in [6, 6.07) is 9.86. The van der Waals surface area contributed by atoms with Crippen molar-refractivity contribution in [3.8, 4) is 11.3 Å². The zero-order chi connectivity index (χ0) is 23.7. The van der Waals surface area contributed by atoms with Crippen molar-refractivity contribution in [1.29, 1.82) is 0 Å². The number of amides is 1. The van der Waals surface area contributed by atoms with Crippen LogP contribution in [0.3, 0.4) is 0 Å². The smallest absolute Gasteiger partial charge is 0.409 e. The lowest BCUT2D eigenvalue weighted by molar-refractivity contribution is -0.144. The molecule has 0 aromatic carbocycles. The number of piperidine rings is 1. The number of hydrogen-bond acceptors (Lipinski definition) is 6. The van der Waals surface area contributed by atoms with Gasteiger partial charge in [-0.2, -0.15) is 0 Å². The van der Waals surface area contributed by atoms with E-state index in [0.717, 1.165) is 29.8 Å². The van der Waals surface area contributed by atoms with Gasteiger partial charge in [-0.05, 0) is 74.8 Å². The minimum absolute atomic E-state index is 0.0968. The minimum Gasteiger partial charge on any atom is -0.462 e. The van der Waals surface area contributed by atoms with E-state index < -0.39 is 0 Å². The zero-order valence-electron chi connectivity index (χ0n) is 19.7. The van der Waals surface area contributed by atoms with E-state index in [0.29, 0.717) is 25.6 Å². The molecule has 0 N–H and O–H groups in total. The Morgan fingerprint density at radius 3 is 2.88 bits per heavy atom. The Bertz CT molecular complexity index is 1060. The summed E-state index contributed by atoms with van der Waals surface area (Å²) in [6.45, 7) is 5.52. The molecule has 3 aliphatic rings. The highest BCUT2D eigenvalue weighted by molar-refractivity contribution is 5.76. The van der Waals surface area contributed by atoms with E-state index in [-0.39, 0.29) is 41.8 Å². The Kier molecular flexibility index (Phi) is 6.35. The van der Waals surface area contributed by atoms with Gasteiger partial charge >= 0.3 is 12.1 Å². The summed E-state index contributed by atoms with van der Waals surface area (Å²) in [4.78, 5) is 35.8. The summed E-state index contributed by atoms with van der Waals surface area (Å²) >= 11 is 0. The summed E-state index contributed by atoms with van der Waals surface area (Å²) in [5.74, 6) is 0.797. The molecule has 34 heavy (non-hydrogen) atoms. The summed E-state index contributed by atoms with van der Waals surface area (Å²) in [7, 11) is 0. The molecule has 7 heteroatoms. The van der Waals surface area contributed by atoms with Crippen LogP contribution in [0.5, 0.6) is 0 Å². The van der Waals surface area contributed by atoms with E-state index in [1.54, 1.807) is 11.1 Å². The van der Waals surface area contributed by atoms with Crippen LogP contribution in [0.15, 0.2) is 48.8 Å². The lowest BCUT2D eigenvalue weighted by Gasteiger charge is -2.48. The number of ether oxygens (including phenoxy) is 2. The van der Waals surface area contributed by atoms with Crippen molar-refractivity contribution < 1.29 is 19.1 Å². The Hall–Kier alpha value is -3.22. The van der Waals surface area contributed by atoms with Crippen LogP contribution in [0.1, 0.15) is 32.4 Å². The number of carbonyl (C=O) groups is 2. The fourth-order valence-electron chi connectivity index (χ4n) is 6.14. The number of pyridine rings is 2. The standard InChI is InChI=1S/C27H31N3O4/c1-3-33-27(32)30-13-11-21-19(16-30)14-23-25(17(2)34-26(23)31)22(21)10-9-20-8-7-18(15-29-20)24-6-4-5-12-28-24/h4-10,12,15,17,19,21-23,25H,3,11,13-14,16H2,1-2H3/b10-9+/t17-,19-,21-,22+,23-,25+/m1/s1. The van der Waals surface area contributed by atoms with Crippen LogP contribution in [-0.4, -0.2) is 52.7 Å². The van der Waals surface area contributed by atoms with Gasteiger partial charge in [0.2, 0.25) is 0 Å². The Morgan fingerprint density at radius 2 is 2.15 bits per heavy atom. The largest absolute Gasteiger partial charge is 0.462 e. The number of hydrogen-bond donors (Lipinski definition) is 0. The van der Waals surface area contributed by atoms with Gasteiger partial charge < -0.3 is 14.4 Å². The van der Waals surface area contributed by atoms with Crippen molar-refractivity contribution >= 4 is 18.1 Å². The van der Waals surface area contributed by atoms with Gasteiger partial charge in [0.1, 0.15) is 6.10 Å². The first kappa shape index (κ1) is 22.6. The number of rotatable bonds is 4. The topological polar surface area (TPSA) is 81.6 Å². The van der Waals surface area contributed by atoms with Crippen molar-refractivity contribution in [3.05, 3.63) is 54.5 Å². The number of cyclic esters (lactones) is 1. The van der Waals surface area contributed by atoms with Gasteiger partial charge in [0, 0.05) is 37.0 Å². The van der Waals surface area contributed by atoms with E-state index in [9.17, 15) is 9.59 Å². The second-order valence-corrected chi connectivity index (χ2v) is 9.54. The second kappa shape index (κ2) is 9.57. The number of allylic oxidation sites excluding steroid dienone is 1. The fourth-order valence-corrected chi connectivity index (χ4v) is 6.14. The first-order chi connectivity index (χ1) is 16.5. The maximum atomic E-state index is 12.6. The molecule has 7 nitrogen and oxygen atoms in total. The lowest BCUT2D eigenvalue weighted by atomic mass is 9.59. The van der Waals surface area contributed by atoms with Gasteiger partial charge in [-0.15, -0.1) is 0 Å². The molecule has 0 spiro atoms. The third kappa shape index (κ3) is 4.31. The van der Waals surface area contributed by atoms with Crippen LogP contribution in [0.25, 0.3) is 17.3 Å². The molecule has 0 bridgehead atoms. The lowest BCUT2D eigenvalue weighted by Crippen LogP contribution is -2.51. The fraction of sp³-hybridized carbons (Fsp3) is 0.481. The number of aromatic nitrogens is 2. The Morgan fingerprint density at radius 1 is 1.26 bits per heavy atom. The molecule has 0 radical (unpaired) electrons. The van der Waals surface area contributed by atoms with E-state index in [1.807, 2.05) is 50.4 Å². The van der Waals surface area contributed by atoms with Gasteiger partial charge in [-0.3, -0.25) is 14.8 Å². The minimum atomic E-state index is -0.255. The molecule has 178 valence electrons. The van der Waals surface area contributed by atoms with E-state index in [4.69, 9.17) is 9.47 Å². The monoisotopic (exact) mass is 461 g/mol. The predicted molar refractivity (Wildman–Crippen MR) is 127 cm³/mol. The average Bonchev–Trinajstić information content (AvgIpc) is 3.15. The molecule has 6 atom stereocenters. The molecule has 3 fully saturated rings.